The lowest BCUT2D eigenvalue weighted by Crippen LogP contribution is -2.17. The second-order valence-corrected chi connectivity index (χ2v) is 5.03. The number of rotatable bonds is 2. The van der Waals surface area contributed by atoms with Gasteiger partial charge in [-0.1, -0.05) is 12.1 Å². The molecule has 0 spiro atoms. The summed E-state index contributed by atoms with van der Waals surface area (Å²) < 4.78 is 28.9. The molecule has 112 valence electrons. The molecule has 3 rings (SSSR count). The Balaban J connectivity index is 2.06. The number of anilines is 1. The third-order valence-corrected chi connectivity index (χ3v) is 3.36. The summed E-state index contributed by atoms with van der Waals surface area (Å²) in [6, 6.07) is 7.07. The number of carbonyl (C=O) groups excluding carboxylic acids is 1. The van der Waals surface area contributed by atoms with E-state index in [1.165, 1.54) is 6.07 Å². The van der Waals surface area contributed by atoms with Crippen LogP contribution in [0.4, 0.5) is 14.5 Å². The highest BCUT2D eigenvalue weighted by molar-refractivity contribution is 6.04. The minimum absolute atomic E-state index is 0.251. The Bertz CT molecular complexity index is 866. The van der Waals surface area contributed by atoms with Gasteiger partial charge >= 0.3 is 0 Å². The van der Waals surface area contributed by atoms with E-state index < -0.39 is 23.2 Å². The van der Waals surface area contributed by atoms with Crippen LogP contribution in [0, 0.1) is 25.5 Å². The maximum atomic E-state index is 13.7. The number of nitrogens with one attached hydrogen (secondary N) is 1. The zero-order valence-electron chi connectivity index (χ0n) is 12.0. The van der Waals surface area contributed by atoms with Gasteiger partial charge in [-0.15, -0.1) is 0 Å². The van der Waals surface area contributed by atoms with Gasteiger partial charge in [-0.2, -0.15) is 0 Å². The monoisotopic (exact) mass is 301 g/mol. The summed E-state index contributed by atoms with van der Waals surface area (Å²) in [5.41, 5.74) is 1.81. The van der Waals surface area contributed by atoms with Gasteiger partial charge in [0.25, 0.3) is 5.91 Å². The van der Waals surface area contributed by atoms with Gasteiger partial charge in [-0.05, 0) is 37.6 Å². The first-order valence-electron chi connectivity index (χ1n) is 6.68. The number of pyridine rings is 1. The number of benzene rings is 1. The van der Waals surface area contributed by atoms with Gasteiger partial charge in [-0.3, -0.25) is 9.20 Å². The number of halogens is 2. The van der Waals surface area contributed by atoms with Crippen molar-refractivity contribution in [3.8, 4) is 0 Å². The molecule has 4 nitrogen and oxygen atoms in total. The van der Waals surface area contributed by atoms with Crippen LogP contribution in [0.1, 0.15) is 21.7 Å². The molecule has 2 heterocycles. The Hall–Kier alpha value is -2.76. The number of carbonyl (C=O) groups is 1. The molecule has 0 radical (unpaired) electrons. The molecule has 0 aliphatic rings. The van der Waals surface area contributed by atoms with Crippen molar-refractivity contribution in [2.45, 2.75) is 13.8 Å². The summed E-state index contributed by atoms with van der Waals surface area (Å²) in [5, 5.41) is 2.28. The highest BCUT2D eigenvalue weighted by Crippen LogP contribution is 2.20. The van der Waals surface area contributed by atoms with Crippen LogP contribution in [0.5, 0.6) is 0 Å². The van der Waals surface area contributed by atoms with Crippen molar-refractivity contribution in [1.29, 1.82) is 0 Å². The molecule has 1 amide bonds. The number of hydrogen-bond acceptors (Lipinski definition) is 2. The van der Waals surface area contributed by atoms with Crippen LogP contribution in [-0.2, 0) is 0 Å². The Morgan fingerprint density at radius 1 is 1.14 bits per heavy atom. The van der Waals surface area contributed by atoms with Crippen molar-refractivity contribution in [3.05, 3.63) is 65.1 Å². The molecule has 22 heavy (non-hydrogen) atoms. The van der Waals surface area contributed by atoms with Crippen molar-refractivity contribution in [2.75, 3.05) is 5.32 Å². The highest BCUT2D eigenvalue weighted by Gasteiger charge is 2.19. The van der Waals surface area contributed by atoms with E-state index in [2.05, 4.69) is 10.3 Å². The largest absolute Gasteiger partial charge is 0.316 e. The standard InChI is InChI=1S/C16H13F2N3O/c1-9-6-7-13-19-10(2)15(21(13)8-9)16(22)20-14-11(17)4-3-5-12(14)18/h3-8H,1-2H3,(H,20,22). The van der Waals surface area contributed by atoms with Gasteiger partial charge in [0.1, 0.15) is 28.7 Å². The molecule has 0 bridgehead atoms. The van der Waals surface area contributed by atoms with Crippen molar-refractivity contribution < 1.29 is 13.6 Å². The summed E-state index contributed by atoms with van der Waals surface area (Å²) in [5.74, 6) is -2.26. The molecule has 2 aromatic heterocycles. The number of aromatic nitrogens is 2. The third-order valence-electron chi connectivity index (χ3n) is 3.36. The zero-order valence-corrected chi connectivity index (χ0v) is 12.0. The Morgan fingerprint density at radius 3 is 2.50 bits per heavy atom. The molecule has 1 N–H and O–H groups in total. The van der Waals surface area contributed by atoms with E-state index in [4.69, 9.17) is 0 Å². The van der Waals surface area contributed by atoms with E-state index in [-0.39, 0.29) is 5.69 Å². The SMILES string of the molecule is Cc1ccc2nc(C)c(C(=O)Nc3c(F)cccc3F)n2c1. The minimum atomic E-state index is -0.823. The Morgan fingerprint density at radius 2 is 1.82 bits per heavy atom. The van der Waals surface area contributed by atoms with Gasteiger partial charge in [0, 0.05) is 6.20 Å². The van der Waals surface area contributed by atoms with E-state index in [0.29, 0.717) is 11.3 Å². The Labute approximate surface area is 125 Å². The van der Waals surface area contributed by atoms with E-state index in [1.807, 2.05) is 13.0 Å². The molecule has 0 atom stereocenters. The number of nitrogens with zero attached hydrogens (tertiary/aromatic N) is 2. The molecule has 0 saturated carbocycles. The predicted molar refractivity (Wildman–Crippen MR) is 79.0 cm³/mol. The molecule has 0 saturated heterocycles. The lowest BCUT2D eigenvalue weighted by Gasteiger charge is -2.08. The average Bonchev–Trinajstić information content (AvgIpc) is 2.78. The topological polar surface area (TPSA) is 46.4 Å². The molecule has 1 aromatic carbocycles. The summed E-state index contributed by atoms with van der Waals surface area (Å²) in [6.07, 6.45) is 1.75. The fourth-order valence-corrected chi connectivity index (χ4v) is 2.33. The van der Waals surface area contributed by atoms with Gasteiger partial charge in [0.05, 0.1) is 5.69 Å². The van der Waals surface area contributed by atoms with Gasteiger partial charge in [0.2, 0.25) is 0 Å². The van der Waals surface area contributed by atoms with Crippen LogP contribution in [0.2, 0.25) is 0 Å². The summed E-state index contributed by atoms with van der Waals surface area (Å²) >= 11 is 0. The first-order valence-corrected chi connectivity index (χ1v) is 6.68. The first kappa shape index (κ1) is 14.2. The van der Waals surface area contributed by atoms with Gasteiger partial charge < -0.3 is 5.32 Å². The molecular weight excluding hydrogens is 288 g/mol. The third kappa shape index (κ3) is 2.32. The summed E-state index contributed by atoms with van der Waals surface area (Å²) in [7, 11) is 0. The van der Waals surface area contributed by atoms with Crippen molar-refractivity contribution >= 4 is 17.2 Å². The first-order chi connectivity index (χ1) is 10.5. The number of imidazole rings is 1. The van der Waals surface area contributed by atoms with Crippen LogP contribution >= 0.6 is 0 Å². The van der Waals surface area contributed by atoms with Crippen molar-refractivity contribution in [2.24, 2.45) is 0 Å². The fourth-order valence-electron chi connectivity index (χ4n) is 2.33. The van der Waals surface area contributed by atoms with E-state index in [9.17, 15) is 13.6 Å². The predicted octanol–water partition coefficient (Wildman–Crippen LogP) is 3.48. The summed E-state index contributed by atoms with van der Waals surface area (Å²) in [6.45, 7) is 3.56. The molecular formula is C16H13F2N3O. The van der Waals surface area contributed by atoms with Crippen LogP contribution < -0.4 is 5.32 Å². The average molecular weight is 301 g/mol. The van der Waals surface area contributed by atoms with Crippen LogP contribution in [0.15, 0.2) is 36.5 Å². The fraction of sp³-hybridized carbons (Fsp3) is 0.125. The molecule has 6 heteroatoms. The van der Waals surface area contributed by atoms with Crippen LogP contribution in [0.25, 0.3) is 5.65 Å². The number of fused-ring (bicyclic) bond motifs is 1. The quantitative estimate of drug-likeness (QED) is 0.787. The number of aryl methyl sites for hydroxylation is 2. The van der Waals surface area contributed by atoms with E-state index >= 15 is 0 Å². The Kier molecular flexibility index (Phi) is 3.36. The van der Waals surface area contributed by atoms with Crippen molar-refractivity contribution in [3.63, 3.8) is 0 Å². The van der Waals surface area contributed by atoms with E-state index in [1.54, 1.807) is 23.6 Å². The number of amides is 1. The summed E-state index contributed by atoms with van der Waals surface area (Å²) in [4.78, 5) is 16.7. The molecule has 0 unspecified atom stereocenters. The molecule has 3 aromatic rings. The van der Waals surface area contributed by atoms with Crippen LogP contribution in [-0.4, -0.2) is 15.3 Å². The molecule has 0 fully saturated rings. The molecule has 0 aliphatic carbocycles. The second-order valence-electron chi connectivity index (χ2n) is 5.03. The normalized spacial score (nSPS) is 10.9. The zero-order chi connectivity index (χ0) is 15.9. The second kappa shape index (κ2) is 5.22. The number of para-hydroxylation sites is 1. The lowest BCUT2D eigenvalue weighted by atomic mass is 10.2. The number of hydrogen-bond donors (Lipinski definition) is 1. The van der Waals surface area contributed by atoms with Crippen molar-refractivity contribution in [1.82, 2.24) is 9.38 Å². The van der Waals surface area contributed by atoms with Crippen LogP contribution in [0.3, 0.4) is 0 Å². The lowest BCUT2D eigenvalue weighted by molar-refractivity contribution is 0.101. The maximum Gasteiger partial charge on any atom is 0.274 e. The molecule has 0 aliphatic heterocycles. The highest BCUT2D eigenvalue weighted by atomic mass is 19.1. The maximum absolute atomic E-state index is 13.7. The van der Waals surface area contributed by atoms with Gasteiger partial charge in [-0.25, -0.2) is 13.8 Å². The van der Waals surface area contributed by atoms with E-state index in [0.717, 1.165) is 17.7 Å². The minimum Gasteiger partial charge on any atom is -0.316 e. The van der Waals surface area contributed by atoms with Gasteiger partial charge in [0.15, 0.2) is 0 Å². The smallest absolute Gasteiger partial charge is 0.274 e.